The van der Waals surface area contributed by atoms with Gasteiger partial charge in [-0.2, -0.15) is 5.56 Å². The predicted molar refractivity (Wildman–Crippen MR) is 107 cm³/mol. The second-order valence-electron chi connectivity index (χ2n) is 7.48. The van der Waals surface area contributed by atoms with Crippen LogP contribution in [0.15, 0.2) is 6.20 Å². The molecule has 0 atom stereocenters. The van der Waals surface area contributed by atoms with E-state index in [1.54, 1.807) is 0 Å². The fourth-order valence-electron chi connectivity index (χ4n) is 3.87. The first-order valence-electron chi connectivity index (χ1n) is 9.02. The number of aryl methyl sites for hydroxylation is 2. The van der Waals surface area contributed by atoms with Crippen LogP contribution in [0.3, 0.4) is 0 Å². The maximum atomic E-state index is 4.77. The molecule has 0 aliphatic heterocycles. The first kappa shape index (κ1) is 21.2. The van der Waals surface area contributed by atoms with E-state index in [4.69, 9.17) is 4.98 Å². The second kappa shape index (κ2) is 7.48. The van der Waals surface area contributed by atoms with Crippen LogP contribution in [-0.4, -0.2) is 9.38 Å². The number of rotatable bonds is 2. The number of fused-ring (bicyclic) bond motifs is 1. The molecule has 3 rings (SSSR count). The van der Waals surface area contributed by atoms with Crippen LogP contribution in [-0.2, 0) is 32.7 Å². The van der Waals surface area contributed by atoms with Gasteiger partial charge in [0.1, 0.15) is 0 Å². The van der Waals surface area contributed by atoms with E-state index in [1.165, 1.54) is 61.3 Å². The first-order chi connectivity index (χ1) is 11.7. The Balaban J connectivity index is 0.00000243. The maximum Gasteiger partial charge on any atom is 0.0810 e. The minimum atomic E-state index is 0. The molecule has 135 valence electrons. The van der Waals surface area contributed by atoms with Crippen LogP contribution in [0.25, 0.3) is 5.52 Å². The fraction of sp³-hybridized carbons (Fsp3) is 0.391. The van der Waals surface area contributed by atoms with Crippen molar-refractivity contribution in [3.63, 3.8) is 0 Å². The Morgan fingerprint density at radius 3 is 1.65 bits per heavy atom. The zero-order valence-corrected chi connectivity index (χ0v) is 20.5. The second-order valence-corrected chi connectivity index (χ2v) is 7.48. The molecule has 0 saturated carbocycles. The van der Waals surface area contributed by atoms with Crippen molar-refractivity contribution in [3.8, 4) is 0 Å². The summed E-state index contributed by atoms with van der Waals surface area (Å²) in [5.41, 5.74) is 14.7. The van der Waals surface area contributed by atoms with Crippen molar-refractivity contribution in [2.24, 2.45) is 0 Å². The normalized spacial score (nSPS) is 11.0. The van der Waals surface area contributed by atoms with E-state index in [0.717, 1.165) is 5.82 Å². The molecule has 0 amide bonds. The summed E-state index contributed by atoms with van der Waals surface area (Å²) in [6.07, 6.45) is 4.28. The molecule has 2 aromatic heterocycles. The van der Waals surface area contributed by atoms with Crippen LogP contribution >= 0.6 is 0 Å². The van der Waals surface area contributed by atoms with Crippen LogP contribution in [0.1, 0.15) is 61.6 Å². The number of aromatic nitrogens is 2. The van der Waals surface area contributed by atoms with Crippen LogP contribution < -0.4 is 0 Å². The van der Waals surface area contributed by atoms with Gasteiger partial charge in [-0.3, -0.25) is 0 Å². The Morgan fingerprint density at radius 1 is 0.654 bits per heavy atom. The molecule has 1 aromatic carbocycles. The topological polar surface area (TPSA) is 17.3 Å². The molecule has 3 heteroatoms. The third kappa shape index (κ3) is 3.06. The van der Waals surface area contributed by atoms with Gasteiger partial charge in [0.05, 0.1) is 17.5 Å². The maximum absolute atomic E-state index is 4.77. The molecule has 0 aliphatic rings. The Kier molecular flexibility index (Phi) is 6.10. The molecule has 0 bridgehead atoms. The molecule has 3 aromatic rings. The van der Waals surface area contributed by atoms with E-state index in [-0.39, 0.29) is 32.7 Å². The largest absolute Gasteiger partial charge is 0.307 e. The molecular formula is C23H29N2Y-. The summed E-state index contributed by atoms with van der Waals surface area (Å²) in [6.45, 7) is 19.9. The number of pyridine rings is 1. The molecule has 0 saturated heterocycles. The van der Waals surface area contributed by atoms with Gasteiger partial charge in [-0.1, -0.05) is 33.3 Å². The van der Waals surface area contributed by atoms with Crippen molar-refractivity contribution in [2.45, 2.75) is 62.3 Å². The van der Waals surface area contributed by atoms with Crippen molar-refractivity contribution >= 4 is 5.52 Å². The molecule has 0 aliphatic carbocycles. The van der Waals surface area contributed by atoms with Crippen LogP contribution in [0.4, 0.5) is 0 Å². The monoisotopic (exact) mass is 422 g/mol. The van der Waals surface area contributed by atoms with Gasteiger partial charge in [0.25, 0.3) is 0 Å². The summed E-state index contributed by atoms with van der Waals surface area (Å²) >= 11 is 0. The van der Waals surface area contributed by atoms with E-state index in [9.17, 15) is 0 Å². The summed E-state index contributed by atoms with van der Waals surface area (Å²) < 4.78 is 2.31. The summed E-state index contributed by atoms with van der Waals surface area (Å²) in [5.74, 6) is 1.02. The molecule has 0 N–H and O–H groups in total. The van der Waals surface area contributed by atoms with Crippen molar-refractivity contribution in [3.05, 3.63) is 74.2 Å². The number of hydrogen-bond acceptors (Lipinski definition) is 1. The molecule has 26 heavy (non-hydrogen) atoms. The van der Waals surface area contributed by atoms with E-state index in [2.05, 4.69) is 73.1 Å². The van der Waals surface area contributed by atoms with Gasteiger partial charge in [-0.15, -0.1) is 28.7 Å². The van der Waals surface area contributed by atoms with E-state index >= 15 is 0 Å². The van der Waals surface area contributed by atoms with Gasteiger partial charge in [0, 0.05) is 38.4 Å². The molecular weight excluding hydrogens is 393 g/mol. The number of imidazole rings is 1. The van der Waals surface area contributed by atoms with Crippen LogP contribution in [0.5, 0.6) is 0 Å². The zero-order chi connectivity index (χ0) is 18.6. The van der Waals surface area contributed by atoms with Gasteiger partial charge in [0.15, 0.2) is 0 Å². The quantitative estimate of drug-likeness (QED) is 0.484. The summed E-state index contributed by atoms with van der Waals surface area (Å²) in [4.78, 5) is 4.77. The molecule has 0 spiro atoms. The van der Waals surface area contributed by atoms with Gasteiger partial charge in [-0.05, 0) is 51.3 Å². The Labute approximate surface area is 183 Å². The van der Waals surface area contributed by atoms with Crippen LogP contribution in [0.2, 0.25) is 0 Å². The molecule has 0 fully saturated rings. The Bertz CT molecular complexity index is 980. The van der Waals surface area contributed by atoms with Gasteiger partial charge >= 0.3 is 0 Å². The molecule has 2 heterocycles. The smallest absolute Gasteiger partial charge is 0.0810 e. The van der Waals surface area contributed by atoms with Crippen molar-refractivity contribution < 1.29 is 32.7 Å². The molecule has 2 nitrogen and oxygen atoms in total. The van der Waals surface area contributed by atoms with Crippen molar-refractivity contribution in [2.75, 3.05) is 0 Å². The van der Waals surface area contributed by atoms with Crippen molar-refractivity contribution in [1.82, 2.24) is 9.38 Å². The van der Waals surface area contributed by atoms with Crippen LogP contribution in [0, 0.1) is 68.7 Å². The number of benzene rings is 1. The summed E-state index contributed by atoms with van der Waals surface area (Å²) in [6, 6.07) is 0. The fourth-order valence-corrected chi connectivity index (χ4v) is 3.87. The van der Waals surface area contributed by atoms with Gasteiger partial charge < -0.3 is 4.40 Å². The summed E-state index contributed by atoms with van der Waals surface area (Å²) in [7, 11) is 0. The standard InChI is InChI=1S/C23H29N2.Y/c1-12-13(2)17(6)21(18(7)14(12)3)10-23-24-11-22-19(8)15(4)16(5)20(9)25(22)23;/h10-11H,1-9H3;/q-1;. The molecule has 0 unspecified atom stereocenters. The Morgan fingerprint density at radius 2 is 1.12 bits per heavy atom. The Hall–Kier alpha value is -1.12. The van der Waals surface area contributed by atoms with E-state index in [1.807, 2.05) is 6.20 Å². The number of hydrogen-bond donors (Lipinski definition) is 0. The minimum Gasteiger partial charge on any atom is -0.307 e. The average Bonchev–Trinajstić information content (AvgIpc) is 3.02. The third-order valence-corrected chi connectivity index (χ3v) is 6.51. The third-order valence-electron chi connectivity index (χ3n) is 6.51. The SMILES string of the molecule is Cc1c(C)c(C)c([CH-]c2ncc3c(C)c(C)c(C)c(C)n23)c(C)c1C.[Y]. The predicted octanol–water partition coefficient (Wildman–Crippen LogP) is 5.71. The van der Waals surface area contributed by atoms with Crippen molar-refractivity contribution in [1.29, 1.82) is 0 Å². The van der Waals surface area contributed by atoms with Gasteiger partial charge in [-0.25, -0.2) is 4.98 Å². The van der Waals surface area contributed by atoms with Gasteiger partial charge in [0.2, 0.25) is 0 Å². The first-order valence-corrected chi connectivity index (χ1v) is 9.02. The number of nitrogens with zero attached hydrogens (tertiary/aromatic N) is 2. The zero-order valence-electron chi connectivity index (χ0n) is 17.6. The van der Waals surface area contributed by atoms with E-state index in [0.29, 0.717) is 0 Å². The van der Waals surface area contributed by atoms with E-state index < -0.39 is 0 Å². The molecule has 1 radical (unpaired) electrons. The average molecular weight is 422 g/mol. The minimum absolute atomic E-state index is 0. The summed E-state index contributed by atoms with van der Waals surface area (Å²) in [5, 5.41) is 0.